The third-order valence-corrected chi connectivity index (χ3v) is 6.52. The summed E-state index contributed by atoms with van der Waals surface area (Å²) in [4.78, 5) is 15.4. The SMILES string of the molecule is COCCn1cc(NC(=O)N(Cc2ccc3c(c2)OCO3)[C@@H]2CCC[C@H](C)[C@H]2C)cn1. The van der Waals surface area contributed by atoms with Crippen LogP contribution in [0, 0.1) is 11.8 Å². The smallest absolute Gasteiger partial charge is 0.322 e. The van der Waals surface area contributed by atoms with Gasteiger partial charge in [-0.1, -0.05) is 32.8 Å². The molecule has 1 aliphatic carbocycles. The maximum Gasteiger partial charge on any atom is 0.322 e. The van der Waals surface area contributed by atoms with Crippen LogP contribution in [-0.2, 0) is 17.8 Å². The molecular weight excluding hydrogens is 396 g/mol. The molecule has 0 bridgehead atoms. The summed E-state index contributed by atoms with van der Waals surface area (Å²) in [6, 6.07) is 5.98. The molecule has 1 aromatic carbocycles. The summed E-state index contributed by atoms with van der Waals surface area (Å²) in [5, 5.41) is 7.35. The van der Waals surface area contributed by atoms with E-state index in [9.17, 15) is 4.79 Å². The van der Waals surface area contributed by atoms with Crippen LogP contribution in [0.1, 0.15) is 38.7 Å². The van der Waals surface area contributed by atoms with Gasteiger partial charge in [-0.15, -0.1) is 0 Å². The van der Waals surface area contributed by atoms with Gasteiger partial charge in [0.05, 0.1) is 25.0 Å². The van der Waals surface area contributed by atoms with E-state index >= 15 is 0 Å². The third-order valence-electron chi connectivity index (χ3n) is 6.52. The number of amides is 2. The second-order valence-electron chi connectivity index (χ2n) is 8.57. The number of carbonyl (C=O) groups is 1. The lowest BCUT2D eigenvalue weighted by molar-refractivity contribution is 0.102. The van der Waals surface area contributed by atoms with Gasteiger partial charge in [-0.2, -0.15) is 5.10 Å². The topological polar surface area (TPSA) is 77.9 Å². The Labute approximate surface area is 183 Å². The number of aromatic nitrogens is 2. The first-order valence-electron chi connectivity index (χ1n) is 11.0. The van der Waals surface area contributed by atoms with Crippen LogP contribution in [0.4, 0.5) is 10.5 Å². The van der Waals surface area contributed by atoms with Gasteiger partial charge in [-0.25, -0.2) is 4.79 Å². The molecule has 168 valence electrons. The second kappa shape index (κ2) is 9.60. The van der Waals surface area contributed by atoms with E-state index in [1.165, 1.54) is 6.42 Å². The highest BCUT2D eigenvalue weighted by atomic mass is 16.7. The first kappa shape index (κ1) is 21.5. The first-order valence-corrected chi connectivity index (χ1v) is 11.0. The fourth-order valence-corrected chi connectivity index (χ4v) is 4.50. The molecule has 8 nitrogen and oxygen atoms in total. The standard InChI is InChI=1S/C23H32N4O4/c1-16-5-4-6-20(17(16)2)27(13-18-7-8-21-22(11-18)31-15-30-21)23(28)25-19-12-24-26(14-19)9-10-29-3/h7-8,11-12,14,16-17,20H,4-6,9-10,13,15H2,1-3H3,(H,25,28)/t16-,17+,20+/m0/s1. The average molecular weight is 429 g/mol. The van der Waals surface area contributed by atoms with Gasteiger partial charge in [0.2, 0.25) is 6.79 Å². The number of anilines is 1. The van der Waals surface area contributed by atoms with Crippen LogP contribution in [0.2, 0.25) is 0 Å². The summed E-state index contributed by atoms with van der Waals surface area (Å²) in [6.45, 7) is 6.52. The lowest BCUT2D eigenvalue weighted by Crippen LogP contribution is -2.48. The number of hydrogen-bond donors (Lipinski definition) is 1. The number of hydrogen-bond acceptors (Lipinski definition) is 5. The maximum atomic E-state index is 13.4. The molecule has 1 N–H and O–H groups in total. The van der Waals surface area contributed by atoms with Crippen molar-refractivity contribution in [3.05, 3.63) is 36.2 Å². The van der Waals surface area contributed by atoms with Crippen LogP contribution >= 0.6 is 0 Å². The third kappa shape index (κ3) is 4.95. The van der Waals surface area contributed by atoms with Gasteiger partial charge in [-0.05, 0) is 36.0 Å². The molecule has 0 spiro atoms. The van der Waals surface area contributed by atoms with E-state index in [0.717, 1.165) is 29.9 Å². The minimum atomic E-state index is -0.102. The molecule has 2 amide bonds. The van der Waals surface area contributed by atoms with E-state index in [0.29, 0.717) is 37.2 Å². The molecule has 0 unspecified atom stereocenters. The monoisotopic (exact) mass is 428 g/mol. The molecule has 1 saturated carbocycles. The zero-order valence-electron chi connectivity index (χ0n) is 18.5. The number of ether oxygens (including phenoxy) is 3. The number of benzene rings is 1. The van der Waals surface area contributed by atoms with Gasteiger partial charge in [-0.3, -0.25) is 4.68 Å². The van der Waals surface area contributed by atoms with Crippen molar-refractivity contribution in [2.24, 2.45) is 11.8 Å². The molecule has 1 fully saturated rings. The molecule has 2 heterocycles. The largest absolute Gasteiger partial charge is 0.454 e. The Morgan fingerprint density at radius 2 is 2.13 bits per heavy atom. The number of rotatable bonds is 7. The van der Waals surface area contributed by atoms with Gasteiger partial charge in [0.15, 0.2) is 11.5 Å². The van der Waals surface area contributed by atoms with Crippen molar-refractivity contribution in [3.8, 4) is 11.5 Å². The molecule has 0 saturated heterocycles. The van der Waals surface area contributed by atoms with Crippen molar-refractivity contribution in [2.45, 2.75) is 52.2 Å². The number of urea groups is 1. The Morgan fingerprint density at radius 1 is 1.29 bits per heavy atom. The van der Waals surface area contributed by atoms with E-state index in [-0.39, 0.29) is 18.9 Å². The summed E-state index contributed by atoms with van der Waals surface area (Å²) in [7, 11) is 1.66. The molecule has 4 rings (SSSR count). The summed E-state index contributed by atoms with van der Waals surface area (Å²) >= 11 is 0. The van der Waals surface area contributed by atoms with E-state index in [1.54, 1.807) is 18.0 Å². The maximum absolute atomic E-state index is 13.4. The predicted octanol–water partition coefficient (Wildman–Crippen LogP) is 4.12. The second-order valence-corrected chi connectivity index (χ2v) is 8.57. The normalized spacial score (nSPS) is 22.4. The van der Waals surface area contributed by atoms with Crippen molar-refractivity contribution < 1.29 is 19.0 Å². The number of fused-ring (bicyclic) bond motifs is 1. The zero-order valence-corrected chi connectivity index (χ0v) is 18.5. The van der Waals surface area contributed by atoms with Crippen molar-refractivity contribution in [2.75, 3.05) is 25.8 Å². The quantitative estimate of drug-likeness (QED) is 0.718. The van der Waals surface area contributed by atoms with Crippen LogP contribution in [-0.4, -0.2) is 47.3 Å². The molecule has 3 atom stereocenters. The number of nitrogens with zero attached hydrogens (tertiary/aromatic N) is 3. The van der Waals surface area contributed by atoms with E-state index in [4.69, 9.17) is 14.2 Å². The van der Waals surface area contributed by atoms with Crippen molar-refractivity contribution >= 4 is 11.7 Å². The Morgan fingerprint density at radius 3 is 2.97 bits per heavy atom. The van der Waals surface area contributed by atoms with Crippen LogP contribution in [0.25, 0.3) is 0 Å². The van der Waals surface area contributed by atoms with E-state index in [1.807, 2.05) is 29.3 Å². The Hall–Kier alpha value is -2.74. The highest BCUT2D eigenvalue weighted by Crippen LogP contribution is 2.36. The van der Waals surface area contributed by atoms with Crippen LogP contribution in [0.3, 0.4) is 0 Å². The van der Waals surface area contributed by atoms with Crippen molar-refractivity contribution in [3.63, 3.8) is 0 Å². The lowest BCUT2D eigenvalue weighted by Gasteiger charge is -2.41. The molecule has 0 radical (unpaired) electrons. The Bertz CT molecular complexity index is 899. The van der Waals surface area contributed by atoms with Gasteiger partial charge in [0.1, 0.15) is 0 Å². The average Bonchev–Trinajstić information content (AvgIpc) is 3.41. The fraction of sp³-hybridized carbons (Fsp3) is 0.565. The van der Waals surface area contributed by atoms with Crippen LogP contribution < -0.4 is 14.8 Å². The van der Waals surface area contributed by atoms with Crippen LogP contribution in [0.15, 0.2) is 30.6 Å². The summed E-state index contributed by atoms with van der Waals surface area (Å²) in [6.07, 6.45) is 6.87. The summed E-state index contributed by atoms with van der Waals surface area (Å²) < 4.78 is 17.8. The molecular formula is C23H32N4O4. The van der Waals surface area contributed by atoms with Gasteiger partial charge >= 0.3 is 6.03 Å². The van der Waals surface area contributed by atoms with E-state index in [2.05, 4.69) is 24.3 Å². The molecule has 2 aromatic rings. The molecule has 1 aromatic heterocycles. The molecule has 1 aliphatic heterocycles. The molecule has 8 heteroatoms. The first-order chi connectivity index (χ1) is 15.0. The van der Waals surface area contributed by atoms with E-state index < -0.39 is 0 Å². The number of nitrogens with one attached hydrogen (secondary N) is 1. The highest BCUT2D eigenvalue weighted by molar-refractivity contribution is 5.89. The minimum absolute atomic E-state index is 0.102. The number of methoxy groups -OCH3 is 1. The molecule has 31 heavy (non-hydrogen) atoms. The Kier molecular flexibility index (Phi) is 6.65. The summed E-state index contributed by atoms with van der Waals surface area (Å²) in [5.41, 5.74) is 1.72. The van der Waals surface area contributed by atoms with Gasteiger partial charge in [0.25, 0.3) is 0 Å². The minimum Gasteiger partial charge on any atom is -0.454 e. The van der Waals surface area contributed by atoms with Crippen LogP contribution in [0.5, 0.6) is 11.5 Å². The van der Waals surface area contributed by atoms with Crippen molar-refractivity contribution in [1.82, 2.24) is 14.7 Å². The summed E-state index contributed by atoms with van der Waals surface area (Å²) in [5.74, 6) is 2.51. The Balaban J connectivity index is 1.52. The van der Waals surface area contributed by atoms with Gasteiger partial charge in [0, 0.05) is 25.9 Å². The zero-order chi connectivity index (χ0) is 21.8. The molecule has 2 aliphatic rings. The lowest BCUT2D eigenvalue weighted by atomic mass is 9.77. The van der Waals surface area contributed by atoms with Gasteiger partial charge < -0.3 is 24.4 Å². The predicted molar refractivity (Wildman–Crippen MR) is 117 cm³/mol. The highest BCUT2D eigenvalue weighted by Gasteiger charge is 2.34. The number of carbonyl (C=O) groups excluding carboxylic acids is 1. The van der Waals surface area contributed by atoms with Crippen molar-refractivity contribution in [1.29, 1.82) is 0 Å². The fourth-order valence-electron chi connectivity index (χ4n) is 4.50.